The van der Waals surface area contributed by atoms with Gasteiger partial charge in [0.25, 0.3) is 0 Å². The molecule has 0 saturated carbocycles. The number of hydrogen-bond acceptors (Lipinski definition) is 3. The van der Waals surface area contributed by atoms with Crippen molar-refractivity contribution in [3.8, 4) is 11.4 Å². The summed E-state index contributed by atoms with van der Waals surface area (Å²) in [6, 6.07) is 3.88. The minimum Gasteiger partial charge on any atom is -0.255 e. The molecule has 2 aromatic heterocycles. The molecule has 4 nitrogen and oxygen atoms in total. The molecular weight excluding hydrogens is 244 g/mol. The van der Waals surface area contributed by atoms with Gasteiger partial charge < -0.3 is 0 Å². The van der Waals surface area contributed by atoms with E-state index in [0.29, 0.717) is 0 Å². The molecule has 72 valence electrons. The van der Waals surface area contributed by atoms with E-state index in [9.17, 15) is 0 Å². The number of rotatable bonds is 1. The molecule has 5 heteroatoms. The summed E-state index contributed by atoms with van der Waals surface area (Å²) in [6.45, 7) is 1.95. The highest BCUT2D eigenvalue weighted by Crippen LogP contribution is 2.19. The van der Waals surface area contributed by atoms with Gasteiger partial charge in [-0.15, -0.1) is 5.10 Å². The number of pyridine rings is 1. The van der Waals surface area contributed by atoms with Crippen LogP contribution in [0.3, 0.4) is 0 Å². The van der Waals surface area contributed by atoms with Crippen molar-refractivity contribution in [2.75, 3.05) is 0 Å². The van der Waals surface area contributed by atoms with E-state index in [1.54, 1.807) is 4.68 Å². The predicted molar refractivity (Wildman–Crippen MR) is 56.7 cm³/mol. The van der Waals surface area contributed by atoms with Crippen molar-refractivity contribution in [1.29, 1.82) is 0 Å². The van der Waals surface area contributed by atoms with E-state index in [2.05, 4.69) is 31.2 Å². The van der Waals surface area contributed by atoms with Gasteiger partial charge in [-0.25, -0.2) is 0 Å². The predicted octanol–water partition coefficient (Wildman–Crippen LogP) is 1.95. The van der Waals surface area contributed by atoms with Gasteiger partial charge in [0.15, 0.2) is 0 Å². The van der Waals surface area contributed by atoms with Crippen LogP contribution in [0.15, 0.2) is 22.8 Å². The van der Waals surface area contributed by atoms with Gasteiger partial charge in [-0.1, -0.05) is 5.21 Å². The molecule has 0 aliphatic carbocycles. The van der Waals surface area contributed by atoms with Crippen LogP contribution < -0.4 is 0 Å². The summed E-state index contributed by atoms with van der Waals surface area (Å²) in [5.74, 6) is 0. The molecule has 0 aliphatic heterocycles. The fourth-order valence-electron chi connectivity index (χ4n) is 1.15. The van der Waals surface area contributed by atoms with Crippen molar-refractivity contribution in [3.05, 3.63) is 28.5 Å². The Morgan fingerprint density at radius 2 is 2.07 bits per heavy atom. The molecule has 14 heavy (non-hydrogen) atoms. The zero-order valence-corrected chi connectivity index (χ0v) is 9.48. The molecule has 2 aromatic rings. The van der Waals surface area contributed by atoms with Crippen molar-refractivity contribution in [2.24, 2.45) is 7.05 Å². The van der Waals surface area contributed by atoms with E-state index < -0.39 is 0 Å². The van der Waals surface area contributed by atoms with Gasteiger partial charge in [-0.2, -0.15) is 0 Å². The first-order chi connectivity index (χ1) is 6.66. The minimum atomic E-state index is 0.795. The zero-order valence-electron chi connectivity index (χ0n) is 7.90. The first-order valence-electron chi connectivity index (χ1n) is 4.16. The van der Waals surface area contributed by atoms with Crippen LogP contribution in [0.25, 0.3) is 11.4 Å². The lowest BCUT2D eigenvalue weighted by atomic mass is 10.2. The Kier molecular flexibility index (Phi) is 2.33. The lowest BCUT2D eigenvalue weighted by Gasteiger charge is -1.99. The first kappa shape index (κ1) is 9.33. The number of aromatic nitrogens is 4. The van der Waals surface area contributed by atoms with E-state index in [1.165, 1.54) is 0 Å². The number of nitrogens with zero attached hydrogens (tertiary/aromatic N) is 4. The zero-order chi connectivity index (χ0) is 10.1. The lowest BCUT2D eigenvalue weighted by molar-refractivity contribution is 0.715. The van der Waals surface area contributed by atoms with Crippen molar-refractivity contribution in [3.63, 3.8) is 0 Å². The van der Waals surface area contributed by atoms with Crippen molar-refractivity contribution in [1.82, 2.24) is 20.0 Å². The average Bonchev–Trinajstić information content (AvgIpc) is 2.57. The van der Waals surface area contributed by atoms with Crippen molar-refractivity contribution >= 4 is 15.9 Å². The lowest BCUT2D eigenvalue weighted by Crippen LogP contribution is -1.87. The molecule has 0 aliphatic rings. The Labute approximate surface area is 90.1 Å². The highest BCUT2D eigenvalue weighted by molar-refractivity contribution is 9.10. The van der Waals surface area contributed by atoms with Crippen molar-refractivity contribution < 1.29 is 0 Å². The maximum atomic E-state index is 4.39. The van der Waals surface area contributed by atoms with Crippen LogP contribution in [0.5, 0.6) is 0 Å². The number of aryl methyl sites for hydroxylation is 2. The van der Waals surface area contributed by atoms with Gasteiger partial charge in [0.2, 0.25) is 0 Å². The molecule has 0 aromatic carbocycles. The second-order valence-electron chi connectivity index (χ2n) is 3.04. The van der Waals surface area contributed by atoms with Gasteiger partial charge in [-0.05, 0) is 35.0 Å². The van der Waals surface area contributed by atoms with E-state index in [0.717, 1.165) is 21.6 Å². The fraction of sp³-hybridized carbons (Fsp3) is 0.222. The van der Waals surface area contributed by atoms with E-state index in [-0.39, 0.29) is 0 Å². The quantitative estimate of drug-likeness (QED) is 0.780. The average molecular weight is 253 g/mol. The summed E-state index contributed by atoms with van der Waals surface area (Å²) >= 11 is 3.40. The van der Waals surface area contributed by atoms with Gasteiger partial charge in [0.1, 0.15) is 5.69 Å². The summed E-state index contributed by atoms with van der Waals surface area (Å²) in [5, 5.41) is 7.85. The van der Waals surface area contributed by atoms with Gasteiger partial charge in [-0.3, -0.25) is 9.67 Å². The molecule has 0 bridgehead atoms. The van der Waals surface area contributed by atoms with E-state index >= 15 is 0 Å². The summed E-state index contributed by atoms with van der Waals surface area (Å²) in [7, 11) is 1.84. The summed E-state index contributed by atoms with van der Waals surface area (Å²) in [5.41, 5.74) is 2.59. The van der Waals surface area contributed by atoms with Crippen molar-refractivity contribution in [2.45, 2.75) is 6.92 Å². The molecule has 0 fully saturated rings. The smallest absolute Gasteiger partial charge is 0.131 e. The van der Waals surface area contributed by atoms with Crippen LogP contribution in [0, 0.1) is 6.92 Å². The highest BCUT2D eigenvalue weighted by atomic mass is 79.9. The van der Waals surface area contributed by atoms with Crippen LogP contribution >= 0.6 is 15.9 Å². The van der Waals surface area contributed by atoms with Crippen LogP contribution in [0.4, 0.5) is 0 Å². The number of halogens is 1. The van der Waals surface area contributed by atoms with E-state index in [4.69, 9.17) is 0 Å². The molecular formula is C9H9BrN4. The van der Waals surface area contributed by atoms with Crippen LogP contribution in [-0.2, 0) is 7.05 Å². The van der Waals surface area contributed by atoms with E-state index in [1.807, 2.05) is 32.3 Å². The van der Waals surface area contributed by atoms with Gasteiger partial charge in [0, 0.05) is 11.5 Å². The topological polar surface area (TPSA) is 43.6 Å². The van der Waals surface area contributed by atoms with Gasteiger partial charge >= 0.3 is 0 Å². The maximum absolute atomic E-state index is 4.39. The van der Waals surface area contributed by atoms with Gasteiger partial charge in [0.05, 0.1) is 17.6 Å². The second kappa shape index (κ2) is 3.49. The maximum Gasteiger partial charge on any atom is 0.131 e. The summed E-state index contributed by atoms with van der Waals surface area (Å²) < 4.78 is 2.67. The molecule has 2 heterocycles. The molecule has 0 N–H and O–H groups in total. The molecule has 0 amide bonds. The molecule has 0 atom stereocenters. The molecule has 2 rings (SSSR count). The standard InChI is InChI=1S/C9H9BrN4/c1-6-7(10)3-4-8(11-6)9-5-14(2)13-12-9/h3-5H,1-2H3. The van der Waals surface area contributed by atoms with Crippen LogP contribution in [-0.4, -0.2) is 20.0 Å². The fourth-order valence-corrected chi connectivity index (χ4v) is 1.37. The third-order valence-corrected chi connectivity index (χ3v) is 2.72. The molecule has 0 spiro atoms. The third kappa shape index (κ3) is 1.68. The monoisotopic (exact) mass is 252 g/mol. The van der Waals surface area contributed by atoms with Crippen LogP contribution in [0.2, 0.25) is 0 Å². The Morgan fingerprint density at radius 3 is 2.64 bits per heavy atom. The molecule has 0 radical (unpaired) electrons. The largest absolute Gasteiger partial charge is 0.255 e. The minimum absolute atomic E-state index is 0.795. The summed E-state index contributed by atoms with van der Waals surface area (Å²) in [4.78, 5) is 4.39. The number of hydrogen-bond donors (Lipinski definition) is 0. The third-order valence-electron chi connectivity index (χ3n) is 1.89. The summed E-state index contributed by atoms with van der Waals surface area (Å²) in [6.07, 6.45) is 1.84. The molecule has 0 unspecified atom stereocenters. The first-order valence-corrected chi connectivity index (χ1v) is 4.96. The Hall–Kier alpha value is -1.23. The highest BCUT2D eigenvalue weighted by Gasteiger charge is 2.05. The molecule has 0 saturated heterocycles. The Bertz CT molecular complexity index is 464. The second-order valence-corrected chi connectivity index (χ2v) is 3.90. The Balaban J connectivity index is 2.47. The normalized spacial score (nSPS) is 10.5. The Morgan fingerprint density at radius 1 is 1.29 bits per heavy atom. The SMILES string of the molecule is Cc1nc(-c2cn(C)nn2)ccc1Br. The van der Waals surface area contributed by atoms with Crippen LogP contribution in [0.1, 0.15) is 5.69 Å².